The molecule has 1 saturated heterocycles. The van der Waals surface area contributed by atoms with E-state index >= 15 is 0 Å². The number of ketones is 1. The number of hydrogen-bond donors (Lipinski definition) is 0. The van der Waals surface area contributed by atoms with Gasteiger partial charge in [0.2, 0.25) is 0 Å². The van der Waals surface area contributed by atoms with E-state index in [-0.39, 0.29) is 18.1 Å². The molecule has 0 amide bonds. The third kappa shape index (κ3) is 4.17. The van der Waals surface area contributed by atoms with Gasteiger partial charge in [-0.15, -0.1) is 0 Å². The molecule has 1 aromatic carbocycles. The molecule has 1 aromatic rings. The first-order valence-electron chi connectivity index (χ1n) is 7.05. The molecule has 0 radical (unpaired) electrons. The van der Waals surface area contributed by atoms with Crippen molar-refractivity contribution in [2.45, 2.75) is 25.8 Å². The van der Waals surface area contributed by atoms with E-state index in [1.165, 1.54) is 12.7 Å². The van der Waals surface area contributed by atoms with Crippen LogP contribution in [0.25, 0.3) is 0 Å². The second-order valence-corrected chi connectivity index (χ2v) is 5.28. The first-order valence-corrected chi connectivity index (χ1v) is 7.05. The topological polar surface area (TPSA) is 46.6 Å². The Hall–Kier alpha value is -1.68. The summed E-state index contributed by atoms with van der Waals surface area (Å²) in [7, 11) is 1.32. The molecular formula is C16H21NO3. The zero-order valence-corrected chi connectivity index (χ0v) is 11.9. The van der Waals surface area contributed by atoms with Crippen molar-refractivity contribution in [3.05, 3.63) is 35.9 Å². The molecule has 2 rings (SSSR count). The van der Waals surface area contributed by atoms with Crippen LogP contribution in [0.2, 0.25) is 0 Å². The lowest BCUT2D eigenvalue weighted by molar-refractivity contribution is -0.144. The highest BCUT2D eigenvalue weighted by Gasteiger charge is 2.27. The van der Waals surface area contributed by atoms with Crippen LogP contribution in [0.3, 0.4) is 0 Å². The Morgan fingerprint density at radius 3 is 2.75 bits per heavy atom. The first kappa shape index (κ1) is 14.7. The molecule has 4 nitrogen and oxygen atoms in total. The lowest BCUT2D eigenvalue weighted by Crippen LogP contribution is -2.38. The maximum atomic E-state index is 12.0. The van der Waals surface area contributed by atoms with E-state index < -0.39 is 5.97 Å². The van der Waals surface area contributed by atoms with Gasteiger partial charge in [0, 0.05) is 19.0 Å². The Morgan fingerprint density at radius 2 is 2.05 bits per heavy atom. The van der Waals surface area contributed by atoms with Crippen LogP contribution in [0.15, 0.2) is 30.3 Å². The van der Waals surface area contributed by atoms with Crippen LogP contribution in [0, 0.1) is 5.92 Å². The predicted octanol–water partition coefficient (Wildman–Crippen LogP) is 2.03. The van der Waals surface area contributed by atoms with Crippen molar-refractivity contribution < 1.29 is 14.3 Å². The number of likely N-dealkylation sites (tertiary alicyclic amines) is 1. The summed E-state index contributed by atoms with van der Waals surface area (Å²) in [5, 5.41) is 0. The summed E-state index contributed by atoms with van der Waals surface area (Å²) >= 11 is 0. The Labute approximate surface area is 119 Å². The SMILES string of the molecule is COC(=O)CC(=O)C1CCCN(Cc2ccccc2)C1. The number of benzene rings is 1. The van der Waals surface area contributed by atoms with Crippen LogP contribution in [0.4, 0.5) is 0 Å². The molecular weight excluding hydrogens is 254 g/mol. The van der Waals surface area contributed by atoms with Crippen molar-refractivity contribution >= 4 is 11.8 Å². The number of ether oxygens (including phenoxy) is 1. The second kappa shape index (κ2) is 7.20. The van der Waals surface area contributed by atoms with Gasteiger partial charge in [0.05, 0.1) is 7.11 Å². The number of hydrogen-bond acceptors (Lipinski definition) is 4. The van der Waals surface area contributed by atoms with E-state index in [9.17, 15) is 9.59 Å². The molecule has 0 spiro atoms. The van der Waals surface area contributed by atoms with Crippen molar-refractivity contribution in [2.24, 2.45) is 5.92 Å². The fraction of sp³-hybridized carbons (Fsp3) is 0.500. The number of rotatable bonds is 5. The molecule has 0 aliphatic carbocycles. The molecule has 0 aromatic heterocycles. The Balaban J connectivity index is 1.88. The summed E-state index contributed by atoms with van der Waals surface area (Å²) in [5.74, 6) is -0.462. The van der Waals surface area contributed by atoms with Gasteiger partial charge in [-0.25, -0.2) is 0 Å². The maximum Gasteiger partial charge on any atom is 0.313 e. The maximum absolute atomic E-state index is 12.0. The quantitative estimate of drug-likeness (QED) is 0.609. The summed E-state index contributed by atoms with van der Waals surface area (Å²) < 4.78 is 4.56. The lowest BCUT2D eigenvalue weighted by atomic mass is 9.92. The van der Waals surface area contributed by atoms with Gasteiger partial charge in [-0.1, -0.05) is 30.3 Å². The van der Waals surface area contributed by atoms with E-state index in [1.807, 2.05) is 18.2 Å². The smallest absolute Gasteiger partial charge is 0.313 e. The van der Waals surface area contributed by atoms with Gasteiger partial charge in [-0.3, -0.25) is 14.5 Å². The van der Waals surface area contributed by atoms with Crippen molar-refractivity contribution in [1.29, 1.82) is 0 Å². The third-order valence-electron chi connectivity index (χ3n) is 3.76. The molecule has 4 heteroatoms. The van der Waals surface area contributed by atoms with E-state index in [1.54, 1.807) is 0 Å². The highest BCUT2D eigenvalue weighted by atomic mass is 16.5. The Bertz CT molecular complexity index is 458. The number of carbonyl (C=O) groups is 2. The van der Waals surface area contributed by atoms with E-state index in [2.05, 4.69) is 21.8 Å². The van der Waals surface area contributed by atoms with Gasteiger partial charge < -0.3 is 4.74 Å². The van der Waals surface area contributed by atoms with E-state index in [0.717, 1.165) is 32.5 Å². The average molecular weight is 275 g/mol. The number of esters is 1. The fourth-order valence-electron chi connectivity index (χ4n) is 2.66. The number of methoxy groups -OCH3 is 1. The largest absolute Gasteiger partial charge is 0.469 e. The predicted molar refractivity (Wildman–Crippen MR) is 76.1 cm³/mol. The number of Topliss-reactive ketones (excluding diaryl/α,β-unsaturated/α-hetero) is 1. The van der Waals surface area contributed by atoms with E-state index in [4.69, 9.17) is 0 Å². The molecule has 1 atom stereocenters. The van der Waals surface area contributed by atoms with Crippen molar-refractivity contribution in [2.75, 3.05) is 20.2 Å². The zero-order valence-electron chi connectivity index (χ0n) is 11.9. The fourth-order valence-corrected chi connectivity index (χ4v) is 2.66. The van der Waals surface area contributed by atoms with Gasteiger partial charge in [-0.05, 0) is 24.9 Å². The summed E-state index contributed by atoms with van der Waals surface area (Å²) in [4.78, 5) is 25.5. The summed E-state index contributed by atoms with van der Waals surface area (Å²) in [5.41, 5.74) is 1.26. The second-order valence-electron chi connectivity index (χ2n) is 5.28. The highest BCUT2D eigenvalue weighted by molar-refractivity contribution is 5.96. The molecule has 1 aliphatic heterocycles. The molecule has 1 heterocycles. The van der Waals surface area contributed by atoms with Gasteiger partial charge in [0.1, 0.15) is 12.2 Å². The molecule has 1 fully saturated rings. The normalized spacial score (nSPS) is 19.6. The van der Waals surface area contributed by atoms with Gasteiger partial charge in [0.15, 0.2) is 0 Å². The third-order valence-corrected chi connectivity index (χ3v) is 3.76. The summed E-state index contributed by atoms with van der Waals surface area (Å²) in [6, 6.07) is 10.3. The van der Waals surface area contributed by atoms with Crippen molar-refractivity contribution in [3.63, 3.8) is 0 Å². The lowest BCUT2D eigenvalue weighted by Gasteiger charge is -2.31. The molecule has 108 valence electrons. The first-order chi connectivity index (χ1) is 9.69. The van der Waals surface area contributed by atoms with Gasteiger partial charge >= 0.3 is 5.97 Å². The molecule has 0 N–H and O–H groups in total. The highest BCUT2D eigenvalue weighted by Crippen LogP contribution is 2.20. The Morgan fingerprint density at radius 1 is 1.30 bits per heavy atom. The number of nitrogens with zero attached hydrogens (tertiary/aromatic N) is 1. The van der Waals surface area contributed by atoms with Crippen LogP contribution in [0.5, 0.6) is 0 Å². The van der Waals surface area contributed by atoms with Crippen LogP contribution in [0.1, 0.15) is 24.8 Å². The molecule has 1 aliphatic rings. The average Bonchev–Trinajstić information content (AvgIpc) is 2.48. The molecule has 20 heavy (non-hydrogen) atoms. The molecule has 0 bridgehead atoms. The minimum Gasteiger partial charge on any atom is -0.469 e. The standard InChI is InChI=1S/C16H21NO3/c1-20-16(19)10-15(18)14-8-5-9-17(12-14)11-13-6-3-2-4-7-13/h2-4,6-7,14H,5,8-12H2,1H3. The van der Waals surface area contributed by atoms with Crippen LogP contribution in [-0.4, -0.2) is 36.9 Å². The molecule has 1 unspecified atom stereocenters. The van der Waals surface area contributed by atoms with Crippen LogP contribution >= 0.6 is 0 Å². The number of carbonyl (C=O) groups excluding carboxylic acids is 2. The number of piperidine rings is 1. The van der Waals surface area contributed by atoms with Crippen LogP contribution in [-0.2, 0) is 20.9 Å². The Kier molecular flexibility index (Phi) is 5.30. The van der Waals surface area contributed by atoms with Gasteiger partial charge in [-0.2, -0.15) is 0 Å². The minimum atomic E-state index is -0.435. The monoisotopic (exact) mass is 275 g/mol. The van der Waals surface area contributed by atoms with Gasteiger partial charge in [0.25, 0.3) is 0 Å². The minimum absolute atomic E-state index is 0.00890. The summed E-state index contributed by atoms with van der Waals surface area (Å²) in [6.07, 6.45) is 1.78. The summed E-state index contributed by atoms with van der Waals surface area (Å²) in [6.45, 7) is 2.62. The van der Waals surface area contributed by atoms with E-state index in [0.29, 0.717) is 0 Å². The van der Waals surface area contributed by atoms with Crippen molar-refractivity contribution in [3.8, 4) is 0 Å². The zero-order chi connectivity index (χ0) is 14.4. The van der Waals surface area contributed by atoms with Crippen molar-refractivity contribution in [1.82, 2.24) is 4.90 Å². The van der Waals surface area contributed by atoms with Crippen LogP contribution < -0.4 is 0 Å². The molecule has 0 saturated carbocycles.